The SMILES string of the molecule is CC(=O)NCCCCCC(=O)NCC1CCC(O)C1. The first-order chi connectivity index (χ1) is 9.08. The largest absolute Gasteiger partial charge is 0.393 e. The Morgan fingerprint density at radius 1 is 1.16 bits per heavy atom. The average molecular weight is 270 g/mol. The minimum atomic E-state index is -0.171. The number of aliphatic hydroxyl groups is 1. The van der Waals surface area contributed by atoms with Gasteiger partial charge in [0.25, 0.3) is 0 Å². The van der Waals surface area contributed by atoms with Crippen LogP contribution in [0.2, 0.25) is 0 Å². The molecule has 0 aromatic carbocycles. The van der Waals surface area contributed by atoms with Gasteiger partial charge in [-0.1, -0.05) is 6.42 Å². The second kappa shape index (κ2) is 8.91. The lowest BCUT2D eigenvalue weighted by Crippen LogP contribution is -2.28. The summed E-state index contributed by atoms with van der Waals surface area (Å²) in [5.74, 6) is 0.538. The number of amides is 2. The Kier molecular flexibility index (Phi) is 7.48. The Morgan fingerprint density at radius 2 is 1.95 bits per heavy atom. The zero-order valence-electron chi connectivity index (χ0n) is 11.8. The molecule has 0 saturated heterocycles. The van der Waals surface area contributed by atoms with Crippen LogP contribution in [0.25, 0.3) is 0 Å². The van der Waals surface area contributed by atoms with Gasteiger partial charge in [0, 0.05) is 26.4 Å². The molecular weight excluding hydrogens is 244 g/mol. The Hall–Kier alpha value is -1.10. The van der Waals surface area contributed by atoms with Crippen LogP contribution in [-0.4, -0.2) is 36.1 Å². The summed E-state index contributed by atoms with van der Waals surface area (Å²) in [4.78, 5) is 22.2. The predicted octanol–water partition coefficient (Wildman–Crippen LogP) is 0.960. The van der Waals surface area contributed by atoms with E-state index in [1.165, 1.54) is 6.92 Å². The van der Waals surface area contributed by atoms with Gasteiger partial charge >= 0.3 is 0 Å². The van der Waals surface area contributed by atoms with Crippen molar-refractivity contribution < 1.29 is 14.7 Å². The molecule has 2 atom stereocenters. The van der Waals surface area contributed by atoms with Gasteiger partial charge < -0.3 is 15.7 Å². The van der Waals surface area contributed by atoms with Gasteiger partial charge in [-0.25, -0.2) is 0 Å². The van der Waals surface area contributed by atoms with Gasteiger partial charge in [-0.05, 0) is 38.0 Å². The first kappa shape index (κ1) is 16.0. The maximum atomic E-state index is 11.6. The molecule has 0 bridgehead atoms. The van der Waals surface area contributed by atoms with E-state index < -0.39 is 0 Å². The van der Waals surface area contributed by atoms with E-state index in [0.29, 0.717) is 25.4 Å². The van der Waals surface area contributed by atoms with Gasteiger partial charge in [-0.2, -0.15) is 0 Å². The molecule has 0 aromatic heterocycles. The van der Waals surface area contributed by atoms with E-state index in [1.54, 1.807) is 0 Å². The maximum absolute atomic E-state index is 11.6. The smallest absolute Gasteiger partial charge is 0.220 e. The van der Waals surface area contributed by atoms with Crippen molar-refractivity contribution in [1.29, 1.82) is 0 Å². The van der Waals surface area contributed by atoms with Gasteiger partial charge in [0.15, 0.2) is 0 Å². The van der Waals surface area contributed by atoms with Crippen LogP contribution < -0.4 is 10.6 Å². The minimum Gasteiger partial charge on any atom is -0.393 e. The lowest BCUT2D eigenvalue weighted by atomic mass is 10.1. The molecule has 0 aromatic rings. The maximum Gasteiger partial charge on any atom is 0.220 e. The normalized spacial score (nSPS) is 22.2. The minimum absolute atomic E-state index is 0.00325. The number of rotatable bonds is 8. The van der Waals surface area contributed by atoms with Crippen LogP contribution in [0.15, 0.2) is 0 Å². The molecule has 1 aliphatic carbocycles. The Bertz CT molecular complexity index is 294. The fourth-order valence-corrected chi connectivity index (χ4v) is 2.43. The third-order valence-electron chi connectivity index (χ3n) is 3.56. The zero-order valence-corrected chi connectivity index (χ0v) is 11.8. The summed E-state index contributed by atoms with van der Waals surface area (Å²) in [6.07, 6.45) is 5.81. The van der Waals surface area contributed by atoms with Crippen molar-refractivity contribution >= 4 is 11.8 Å². The zero-order chi connectivity index (χ0) is 14.1. The first-order valence-electron chi connectivity index (χ1n) is 7.27. The molecule has 1 aliphatic rings. The molecule has 19 heavy (non-hydrogen) atoms. The van der Waals surface area contributed by atoms with Crippen LogP contribution in [0.1, 0.15) is 51.9 Å². The lowest BCUT2D eigenvalue weighted by Gasteiger charge is -2.10. The molecule has 5 nitrogen and oxygen atoms in total. The molecule has 0 heterocycles. The van der Waals surface area contributed by atoms with E-state index in [0.717, 1.165) is 38.5 Å². The molecule has 0 aliphatic heterocycles. The summed E-state index contributed by atoms with van der Waals surface area (Å²) >= 11 is 0. The number of hydrogen-bond donors (Lipinski definition) is 3. The molecule has 110 valence electrons. The van der Waals surface area contributed by atoms with E-state index >= 15 is 0 Å². The molecule has 3 N–H and O–H groups in total. The molecule has 0 radical (unpaired) electrons. The van der Waals surface area contributed by atoms with Crippen molar-refractivity contribution in [2.75, 3.05) is 13.1 Å². The molecule has 1 saturated carbocycles. The standard InChI is InChI=1S/C14H26N2O3/c1-11(17)15-8-4-2-3-5-14(19)16-10-12-6-7-13(18)9-12/h12-13,18H,2-10H2,1H3,(H,15,17)(H,16,19). The number of carbonyl (C=O) groups excluding carboxylic acids is 2. The topological polar surface area (TPSA) is 78.4 Å². The number of hydrogen-bond acceptors (Lipinski definition) is 3. The van der Waals surface area contributed by atoms with Crippen molar-refractivity contribution in [3.05, 3.63) is 0 Å². The van der Waals surface area contributed by atoms with Crippen LogP contribution in [0, 0.1) is 5.92 Å². The monoisotopic (exact) mass is 270 g/mol. The highest BCUT2D eigenvalue weighted by molar-refractivity contribution is 5.75. The van der Waals surface area contributed by atoms with E-state index in [9.17, 15) is 14.7 Å². The van der Waals surface area contributed by atoms with Gasteiger partial charge in [-0.15, -0.1) is 0 Å². The highest BCUT2D eigenvalue weighted by Gasteiger charge is 2.22. The fraction of sp³-hybridized carbons (Fsp3) is 0.857. The van der Waals surface area contributed by atoms with Crippen LogP contribution in [-0.2, 0) is 9.59 Å². The number of aliphatic hydroxyl groups excluding tert-OH is 1. The quantitative estimate of drug-likeness (QED) is 0.575. The first-order valence-corrected chi connectivity index (χ1v) is 7.27. The van der Waals surface area contributed by atoms with Crippen molar-refractivity contribution in [3.63, 3.8) is 0 Å². The molecule has 1 rings (SSSR count). The van der Waals surface area contributed by atoms with Crippen molar-refractivity contribution in [2.45, 2.75) is 58.0 Å². The Balaban J connectivity index is 1.92. The van der Waals surface area contributed by atoms with Crippen LogP contribution in [0.4, 0.5) is 0 Å². The molecule has 2 amide bonds. The van der Waals surface area contributed by atoms with Gasteiger partial charge in [0.05, 0.1) is 6.10 Å². The van der Waals surface area contributed by atoms with E-state index in [2.05, 4.69) is 10.6 Å². The summed E-state index contributed by atoms with van der Waals surface area (Å²) in [6, 6.07) is 0. The van der Waals surface area contributed by atoms with Crippen molar-refractivity contribution in [1.82, 2.24) is 10.6 Å². The second-order valence-corrected chi connectivity index (χ2v) is 5.43. The number of carbonyl (C=O) groups is 2. The molecular formula is C14H26N2O3. The summed E-state index contributed by atoms with van der Waals surface area (Å²) < 4.78 is 0. The number of nitrogens with one attached hydrogen (secondary N) is 2. The Morgan fingerprint density at radius 3 is 2.58 bits per heavy atom. The third-order valence-corrected chi connectivity index (χ3v) is 3.56. The van der Waals surface area contributed by atoms with Gasteiger partial charge in [-0.3, -0.25) is 9.59 Å². The summed E-state index contributed by atoms with van der Waals surface area (Å²) in [6.45, 7) is 2.89. The summed E-state index contributed by atoms with van der Waals surface area (Å²) in [5, 5.41) is 15.1. The predicted molar refractivity (Wildman–Crippen MR) is 73.5 cm³/mol. The van der Waals surface area contributed by atoms with Crippen LogP contribution in [0.5, 0.6) is 0 Å². The number of unbranched alkanes of at least 4 members (excludes halogenated alkanes) is 2. The van der Waals surface area contributed by atoms with Gasteiger partial charge in [0.2, 0.25) is 11.8 Å². The summed E-state index contributed by atoms with van der Waals surface area (Å²) in [5.41, 5.74) is 0. The van der Waals surface area contributed by atoms with Crippen molar-refractivity contribution in [2.24, 2.45) is 5.92 Å². The fourth-order valence-electron chi connectivity index (χ4n) is 2.43. The summed E-state index contributed by atoms with van der Waals surface area (Å²) in [7, 11) is 0. The molecule has 1 fully saturated rings. The molecule has 2 unspecified atom stereocenters. The van der Waals surface area contributed by atoms with E-state index in [4.69, 9.17) is 0 Å². The molecule has 0 spiro atoms. The van der Waals surface area contributed by atoms with Crippen molar-refractivity contribution in [3.8, 4) is 0 Å². The lowest BCUT2D eigenvalue weighted by molar-refractivity contribution is -0.121. The Labute approximate surface area is 115 Å². The molecule has 5 heteroatoms. The highest BCUT2D eigenvalue weighted by Crippen LogP contribution is 2.24. The second-order valence-electron chi connectivity index (χ2n) is 5.43. The van der Waals surface area contributed by atoms with Crippen LogP contribution in [0.3, 0.4) is 0 Å². The van der Waals surface area contributed by atoms with E-state index in [1.807, 2.05) is 0 Å². The van der Waals surface area contributed by atoms with E-state index in [-0.39, 0.29) is 17.9 Å². The van der Waals surface area contributed by atoms with Gasteiger partial charge in [0.1, 0.15) is 0 Å². The van der Waals surface area contributed by atoms with Crippen LogP contribution >= 0.6 is 0 Å². The highest BCUT2D eigenvalue weighted by atomic mass is 16.3. The average Bonchev–Trinajstić information content (AvgIpc) is 2.76. The third kappa shape index (κ3) is 7.82.